The van der Waals surface area contributed by atoms with E-state index in [-0.39, 0.29) is 17.2 Å². The van der Waals surface area contributed by atoms with Crippen LogP contribution < -0.4 is 0 Å². The number of hydrogen-bond acceptors (Lipinski definition) is 3. The minimum Gasteiger partial charge on any atom is -0.508 e. The van der Waals surface area contributed by atoms with Crippen LogP contribution in [0.15, 0.2) is 36.4 Å². The smallest absolute Gasteiger partial charge is 0.165 e. The molecule has 0 fully saturated rings. The molecule has 0 aliphatic rings. The van der Waals surface area contributed by atoms with E-state index in [0.29, 0.717) is 5.56 Å². The zero-order valence-corrected chi connectivity index (χ0v) is 8.81. The fraction of sp³-hybridized carbons (Fsp3) is 0.0769. The van der Waals surface area contributed by atoms with Crippen molar-refractivity contribution in [3.63, 3.8) is 0 Å². The van der Waals surface area contributed by atoms with Crippen LogP contribution in [0.5, 0.6) is 17.2 Å². The lowest BCUT2D eigenvalue weighted by molar-refractivity contribution is 0.398. The summed E-state index contributed by atoms with van der Waals surface area (Å²) in [6.07, 6.45) is 0. The van der Waals surface area contributed by atoms with Gasteiger partial charge < -0.3 is 15.3 Å². The zero-order valence-electron chi connectivity index (χ0n) is 8.81. The van der Waals surface area contributed by atoms with E-state index in [2.05, 4.69) is 0 Å². The Morgan fingerprint density at radius 1 is 0.875 bits per heavy atom. The molecule has 0 heterocycles. The van der Waals surface area contributed by atoms with Gasteiger partial charge in [0.25, 0.3) is 0 Å². The highest BCUT2D eigenvalue weighted by Crippen LogP contribution is 2.39. The van der Waals surface area contributed by atoms with Crippen LogP contribution >= 0.6 is 0 Å². The lowest BCUT2D eigenvalue weighted by atomic mass is 10.0. The second-order valence-electron chi connectivity index (χ2n) is 3.73. The van der Waals surface area contributed by atoms with Crippen molar-refractivity contribution in [3.05, 3.63) is 42.0 Å². The Morgan fingerprint density at radius 3 is 2.12 bits per heavy atom. The number of phenolic OH excluding ortho intramolecular Hbond substituents is 3. The van der Waals surface area contributed by atoms with Crippen LogP contribution in [0.3, 0.4) is 0 Å². The van der Waals surface area contributed by atoms with E-state index >= 15 is 0 Å². The summed E-state index contributed by atoms with van der Waals surface area (Å²) in [5.41, 5.74) is 2.26. The number of benzene rings is 2. The van der Waals surface area contributed by atoms with E-state index in [1.54, 1.807) is 0 Å². The van der Waals surface area contributed by atoms with Crippen molar-refractivity contribution in [3.8, 4) is 28.4 Å². The van der Waals surface area contributed by atoms with Gasteiger partial charge in [0.2, 0.25) is 0 Å². The van der Waals surface area contributed by atoms with Gasteiger partial charge in [0.15, 0.2) is 11.5 Å². The molecule has 0 unspecified atom stereocenters. The fourth-order valence-corrected chi connectivity index (χ4v) is 1.56. The third-order valence-electron chi connectivity index (χ3n) is 2.44. The van der Waals surface area contributed by atoms with Gasteiger partial charge in [0.05, 0.1) is 0 Å². The number of hydrogen-bond donors (Lipinski definition) is 3. The van der Waals surface area contributed by atoms with Gasteiger partial charge in [0, 0.05) is 11.6 Å². The Labute approximate surface area is 93.2 Å². The van der Waals surface area contributed by atoms with E-state index in [0.717, 1.165) is 17.2 Å². The van der Waals surface area contributed by atoms with Gasteiger partial charge in [-0.15, -0.1) is 0 Å². The van der Waals surface area contributed by atoms with Crippen LogP contribution in [0.1, 0.15) is 5.56 Å². The van der Waals surface area contributed by atoms with Crippen LogP contribution in [-0.2, 0) is 0 Å². The van der Waals surface area contributed by atoms with Gasteiger partial charge in [-0.2, -0.15) is 0 Å². The Balaban J connectivity index is 2.59. The number of rotatable bonds is 1. The molecular formula is C13H12O3. The molecule has 0 saturated carbocycles. The molecule has 0 atom stereocenters. The molecule has 0 radical (unpaired) electrons. The maximum atomic E-state index is 9.68. The first kappa shape index (κ1) is 10.4. The number of aromatic hydroxyl groups is 3. The van der Waals surface area contributed by atoms with E-state index < -0.39 is 0 Å². The largest absolute Gasteiger partial charge is 0.508 e. The highest BCUT2D eigenvalue weighted by molar-refractivity contribution is 5.75. The van der Waals surface area contributed by atoms with E-state index in [1.165, 1.54) is 6.07 Å². The summed E-state index contributed by atoms with van der Waals surface area (Å²) in [6.45, 7) is 1.96. The van der Waals surface area contributed by atoms with Crippen molar-refractivity contribution in [1.29, 1.82) is 0 Å². The average Bonchev–Trinajstić information content (AvgIpc) is 2.25. The minimum atomic E-state index is -0.324. The topological polar surface area (TPSA) is 60.7 Å². The molecule has 0 spiro atoms. The van der Waals surface area contributed by atoms with Crippen molar-refractivity contribution in [1.82, 2.24) is 0 Å². The van der Waals surface area contributed by atoms with E-state index in [4.69, 9.17) is 0 Å². The first-order valence-electron chi connectivity index (χ1n) is 4.90. The Hall–Kier alpha value is -2.16. The summed E-state index contributed by atoms with van der Waals surface area (Å²) in [5.74, 6) is -0.622. The molecule has 82 valence electrons. The SMILES string of the molecule is Cc1ccc(-c2cc(O)cc(O)c2O)cc1. The van der Waals surface area contributed by atoms with Crippen molar-refractivity contribution in [2.45, 2.75) is 6.92 Å². The van der Waals surface area contributed by atoms with Gasteiger partial charge in [0.1, 0.15) is 5.75 Å². The molecule has 3 N–H and O–H groups in total. The molecule has 2 aromatic carbocycles. The molecule has 3 heteroatoms. The molecule has 0 bridgehead atoms. The molecule has 3 nitrogen and oxygen atoms in total. The van der Waals surface area contributed by atoms with Crippen LogP contribution in [0.4, 0.5) is 0 Å². The molecule has 2 aromatic rings. The summed E-state index contributed by atoms with van der Waals surface area (Å²) in [4.78, 5) is 0. The van der Waals surface area contributed by atoms with Gasteiger partial charge in [-0.3, -0.25) is 0 Å². The van der Waals surface area contributed by atoms with Gasteiger partial charge in [-0.1, -0.05) is 29.8 Å². The summed E-state index contributed by atoms with van der Waals surface area (Å²) in [5, 5.41) is 28.4. The quantitative estimate of drug-likeness (QED) is 0.507. The predicted molar refractivity (Wildman–Crippen MR) is 61.6 cm³/mol. The standard InChI is InChI=1S/C13H12O3/c1-8-2-4-9(5-3-8)11-6-10(14)7-12(15)13(11)16/h2-7,14-16H,1H3. The molecule has 0 aliphatic carbocycles. The lowest BCUT2D eigenvalue weighted by Gasteiger charge is -2.07. The summed E-state index contributed by atoms with van der Waals surface area (Å²) >= 11 is 0. The van der Waals surface area contributed by atoms with Crippen LogP contribution in [0, 0.1) is 6.92 Å². The summed E-state index contributed by atoms with van der Waals surface area (Å²) < 4.78 is 0. The molecule has 0 amide bonds. The van der Waals surface area contributed by atoms with E-state index in [1.807, 2.05) is 31.2 Å². The second-order valence-corrected chi connectivity index (χ2v) is 3.73. The first-order chi connectivity index (χ1) is 7.58. The Morgan fingerprint density at radius 2 is 1.50 bits per heavy atom. The van der Waals surface area contributed by atoms with Crippen LogP contribution in [0.2, 0.25) is 0 Å². The van der Waals surface area contributed by atoms with Gasteiger partial charge in [-0.05, 0) is 18.6 Å². The third kappa shape index (κ3) is 1.80. The van der Waals surface area contributed by atoms with E-state index in [9.17, 15) is 15.3 Å². The molecular weight excluding hydrogens is 204 g/mol. The minimum absolute atomic E-state index is 0.0779. The average molecular weight is 216 g/mol. The Bertz CT molecular complexity index is 515. The first-order valence-corrected chi connectivity index (χ1v) is 4.90. The molecule has 0 aromatic heterocycles. The normalized spacial score (nSPS) is 10.3. The summed E-state index contributed by atoms with van der Waals surface area (Å²) in [7, 11) is 0. The second kappa shape index (κ2) is 3.77. The zero-order chi connectivity index (χ0) is 11.7. The predicted octanol–water partition coefficient (Wildman–Crippen LogP) is 2.78. The molecule has 0 saturated heterocycles. The van der Waals surface area contributed by atoms with Gasteiger partial charge in [-0.25, -0.2) is 0 Å². The van der Waals surface area contributed by atoms with Crippen molar-refractivity contribution in [2.75, 3.05) is 0 Å². The van der Waals surface area contributed by atoms with Crippen molar-refractivity contribution in [2.24, 2.45) is 0 Å². The van der Waals surface area contributed by atoms with Gasteiger partial charge >= 0.3 is 0 Å². The maximum Gasteiger partial charge on any atom is 0.165 e. The molecule has 16 heavy (non-hydrogen) atoms. The number of phenols is 3. The maximum absolute atomic E-state index is 9.68. The monoisotopic (exact) mass is 216 g/mol. The van der Waals surface area contributed by atoms with Crippen molar-refractivity contribution < 1.29 is 15.3 Å². The number of aryl methyl sites for hydroxylation is 1. The van der Waals surface area contributed by atoms with Crippen molar-refractivity contribution >= 4 is 0 Å². The Kier molecular flexibility index (Phi) is 2.44. The van der Waals surface area contributed by atoms with Crippen LogP contribution in [-0.4, -0.2) is 15.3 Å². The third-order valence-corrected chi connectivity index (χ3v) is 2.44. The fourth-order valence-electron chi connectivity index (χ4n) is 1.56. The molecule has 0 aliphatic heterocycles. The molecule has 2 rings (SSSR count). The highest BCUT2D eigenvalue weighted by Gasteiger charge is 2.10. The summed E-state index contributed by atoms with van der Waals surface area (Å²) in [6, 6.07) is 9.96. The van der Waals surface area contributed by atoms with Crippen LogP contribution in [0.25, 0.3) is 11.1 Å². The lowest BCUT2D eigenvalue weighted by Crippen LogP contribution is -1.81. The highest BCUT2D eigenvalue weighted by atomic mass is 16.3.